The number of nitrogens with one attached hydrogen (secondary N) is 1. The monoisotopic (exact) mass is 326 g/mol. The highest BCUT2D eigenvalue weighted by Crippen LogP contribution is 2.35. The minimum atomic E-state index is 0.932. The highest BCUT2D eigenvalue weighted by Gasteiger charge is 2.22. The molecule has 2 heteroatoms. The first kappa shape index (κ1) is 15.5. The van der Waals surface area contributed by atoms with Crippen LogP contribution in [0.4, 0.5) is 11.4 Å². The topological polar surface area (TPSA) is 15.3 Å². The zero-order valence-electron chi connectivity index (χ0n) is 14.4. The van der Waals surface area contributed by atoms with Crippen molar-refractivity contribution in [1.82, 2.24) is 0 Å². The van der Waals surface area contributed by atoms with Gasteiger partial charge in [-0.25, -0.2) is 0 Å². The van der Waals surface area contributed by atoms with Crippen LogP contribution in [-0.4, -0.2) is 13.6 Å². The molecule has 0 amide bonds. The summed E-state index contributed by atoms with van der Waals surface area (Å²) in [6, 6.07) is 29.8. The number of para-hydroxylation sites is 2. The molecule has 4 rings (SSSR count). The van der Waals surface area contributed by atoms with E-state index in [-0.39, 0.29) is 0 Å². The number of hydrogen-bond donors (Lipinski definition) is 1. The molecule has 0 aliphatic carbocycles. The van der Waals surface area contributed by atoms with E-state index in [2.05, 4.69) is 96.1 Å². The highest BCUT2D eigenvalue weighted by atomic mass is 15.1. The fraction of sp³-hybridized carbons (Fsp3) is 0.130. The molecular formula is C23H22N2. The van der Waals surface area contributed by atoms with Gasteiger partial charge in [0.05, 0.1) is 0 Å². The molecule has 0 saturated carbocycles. The van der Waals surface area contributed by atoms with Crippen LogP contribution in [0.2, 0.25) is 0 Å². The van der Waals surface area contributed by atoms with Crippen LogP contribution in [0.1, 0.15) is 11.1 Å². The molecule has 0 fully saturated rings. The second-order valence-electron chi connectivity index (χ2n) is 6.51. The summed E-state index contributed by atoms with van der Waals surface area (Å²) >= 11 is 0. The van der Waals surface area contributed by atoms with Crippen LogP contribution >= 0.6 is 0 Å². The molecule has 1 aliphatic rings. The van der Waals surface area contributed by atoms with Gasteiger partial charge in [0.1, 0.15) is 0 Å². The van der Waals surface area contributed by atoms with Gasteiger partial charge in [0, 0.05) is 36.2 Å². The predicted octanol–water partition coefficient (Wildman–Crippen LogP) is 5.20. The number of benzene rings is 3. The first-order chi connectivity index (χ1) is 12.3. The summed E-state index contributed by atoms with van der Waals surface area (Å²) < 4.78 is 0. The SMILES string of the molecule is CN1CC(Cc2ccccc2)=C(Nc2ccccc2)c2ccccc21. The minimum absolute atomic E-state index is 0.932. The number of anilines is 2. The third-order valence-corrected chi connectivity index (χ3v) is 4.67. The van der Waals surface area contributed by atoms with Crippen LogP contribution in [0.15, 0.2) is 90.5 Å². The first-order valence-electron chi connectivity index (χ1n) is 8.70. The molecule has 124 valence electrons. The Morgan fingerprint density at radius 2 is 1.44 bits per heavy atom. The van der Waals surface area contributed by atoms with Crippen molar-refractivity contribution in [3.05, 3.63) is 102 Å². The van der Waals surface area contributed by atoms with Crippen molar-refractivity contribution in [1.29, 1.82) is 0 Å². The van der Waals surface area contributed by atoms with Gasteiger partial charge in [-0.3, -0.25) is 0 Å². The normalized spacial score (nSPS) is 13.6. The van der Waals surface area contributed by atoms with Crippen molar-refractivity contribution >= 4 is 17.1 Å². The Bertz CT molecular complexity index is 882. The molecule has 0 radical (unpaired) electrons. The van der Waals surface area contributed by atoms with Crippen LogP contribution < -0.4 is 10.2 Å². The molecule has 3 aromatic carbocycles. The van der Waals surface area contributed by atoms with E-state index in [4.69, 9.17) is 0 Å². The van der Waals surface area contributed by atoms with Gasteiger partial charge >= 0.3 is 0 Å². The van der Waals surface area contributed by atoms with E-state index in [1.165, 1.54) is 28.1 Å². The Labute approximate surface area is 149 Å². The molecule has 0 aromatic heterocycles. The van der Waals surface area contributed by atoms with Crippen molar-refractivity contribution < 1.29 is 0 Å². The fourth-order valence-corrected chi connectivity index (χ4v) is 3.47. The quantitative estimate of drug-likeness (QED) is 0.708. The minimum Gasteiger partial charge on any atom is -0.370 e. The Balaban J connectivity index is 1.79. The summed E-state index contributed by atoms with van der Waals surface area (Å²) in [5.74, 6) is 0. The summed E-state index contributed by atoms with van der Waals surface area (Å²) in [6.07, 6.45) is 0.953. The van der Waals surface area contributed by atoms with Crippen molar-refractivity contribution in [3.63, 3.8) is 0 Å². The summed E-state index contributed by atoms with van der Waals surface area (Å²) in [7, 11) is 2.17. The van der Waals surface area contributed by atoms with Crippen molar-refractivity contribution in [3.8, 4) is 0 Å². The molecule has 2 nitrogen and oxygen atoms in total. The fourth-order valence-electron chi connectivity index (χ4n) is 3.47. The molecule has 0 saturated heterocycles. The maximum Gasteiger partial charge on any atom is 0.0492 e. The first-order valence-corrected chi connectivity index (χ1v) is 8.70. The van der Waals surface area contributed by atoms with E-state index < -0.39 is 0 Å². The van der Waals surface area contributed by atoms with Gasteiger partial charge in [-0.2, -0.15) is 0 Å². The predicted molar refractivity (Wildman–Crippen MR) is 107 cm³/mol. The lowest BCUT2D eigenvalue weighted by Gasteiger charge is -2.32. The number of hydrogen-bond acceptors (Lipinski definition) is 2. The molecule has 0 atom stereocenters. The Morgan fingerprint density at radius 1 is 0.800 bits per heavy atom. The summed E-state index contributed by atoms with van der Waals surface area (Å²) in [6.45, 7) is 0.932. The number of nitrogens with zero attached hydrogens (tertiary/aromatic N) is 1. The zero-order chi connectivity index (χ0) is 17.1. The number of likely N-dealkylation sites (N-methyl/N-ethyl adjacent to an activating group) is 1. The molecular weight excluding hydrogens is 304 g/mol. The van der Waals surface area contributed by atoms with Gasteiger partial charge in [-0.15, -0.1) is 0 Å². The Morgan fingerprint density at radius 3 is 2.20 bits per heavy atom. The van der Waals surface area contributed by atoms with Gasteiger partial charge in [0.15, 0.2) is 0 Å². The van der Waals surface area contributed by atoms with Crippen LogP contribution in [0.25, 0.3) is 5.70 Å². The second-order valence-corrected chi connectivity index (χ2v) is 6.51. The smallest absolute Gasteiger partial charge is 0.0492 e. The lowest BCUT2D eigenvalue weighted by atomic mass is 9.94. The number of rotatable bonds is 4. The van der Waals surface area contributed by atoms with Gasteiger partial charge < -0.3 is 10.2 Å². The number of fused-ring (bicyclic) bond motifs is 1. The summed E-state index contributed by atoms with van der Waals surface area (Å²) in [5.41, 5.74) is 7.67. The van der Waals surface area contributed by atoms with E-state index in [1.807, 2.05) is 6.07 Å². The van der Waals surface area contributed by atoms with Crippen LogP contribution in [0.5, 0.6) is 0 Å². The molecule has 25 heavy (non-hydrogen) atoms. The summed E-state index contributed by atoms with van der Waals surface area (Å²) in [5, 5.41) is 3.68. The van der Waals surface area contributed by atoms with Gasteiger partial charge in [0.25, 0.3) is 0 Å². The average Bonchev–Trinajstić information content (AvgIpc) is 2.67. The molecule has 1 N–H and O–H groups in total. The van der Waals surface area contributed by atoms with Gasteiger partial charge in [-0.1, -0.05) is 66.7 Å². The average molecular weight is 326 g/mol. The molecule has 3 aromatic rings. The molecule has 1 heterocycles. The van der Waals surface area contributed by atoms with Gasteiger partial charge in [-0.05, 0) is 35.8 Å². The van der Waals surface area contributed by atoms with E-state index in [1.54, 1.807) is 0 Å². The third-order valence-electron chi connectivity index (χ3n) is 4.67. The Kier molecular flexibility index (Phi) is 4.26. The van der Waals surface area contributed by atoms with Gasteiger partial charge in [0.2, 0.25) is 0 Å². The molecule has 1 aliphatic heterocycles. The van der Waals surface area contributed by atoms with E-state index in [9.17, 15) is 0 Å². The second kappa shape index (κ2) is 6.86. The van der Waals surface area contributed by atoms with Crippen LogP contribution in [0.3, 0.4) is 0 Å². The largest absolute Gasteiger partial charge is 0.370 e. The highest BCUT2D eigenvalue weighted by molar-refractivity contribution is 5.88. The zero-order valence-corrected chi connectivity index (χ0v) is 14.4. The maximum atomic E-state index is 3.68. The van der Waals surface area contributed by atoms with E-state index in [0.717, 1.165) is 18.7 Å². The van der Waals surface area contributed by atoms with Crippen molar-refractivity contribution in [2.24, 2.45) is 0 Å². The Hall–Kier alpha value is -3.00. The summed E-state index contributed by atoms with van der Waals surface area (Å²) in [4.78, 5) is 2.34. The molecule has 0 unspecified atom stereocenters. The molecule has 0 bridgehead atoms. The van der Waals surface area contributed by atoms with Crippen LogP contribution in [-0.2, 0) is 6.42 Å². The molecule has 0 spiro atoms. The van der Waals surface area contributed by atoms with E-state index >= 15 is 0 Å². The van der Waals surface area contributed by atoms with Crippen molar-refractivity contribution in [2.45, 2.75) is 6.42 Å². The maximum absolute atomic E-state index is 3.68. The van der Waals surface area contributed by atoms with Crippen molar-refractivity contribution in [2.75, 3.05) is 23.8 Å². The third kappa shape index (κ3) is 3.29. The standard InChI is InChI=1S/C23H22N2/c1-25-17-19(16-18-10-4-2-5-11-18)23(21-14-8-9-15-22(21)25)24-20-12-6-3-7-13-20/h2-15,24H,16-17H2,1H3. The van der Waals surface area contributed by atoms with E-state index in [0.29, 0.717) is 0 Å². The lowest BCUT2D eigenvalue weighted by molar-refractivity contribution is 0.923. The van der Waals surface area contributed by atoms with Crippen LogP contribution in [0, 0.1) is 0 Å². The lowest BCUT2D eigenvalue weighted by Crippen LogP contribution is -2.28.